The number of aliphatic hydroxyl groups excluding tert-OH is 1. The van der Waals surface area contributed by atoms with E-state index in [9.17, 15) is 5.11 Å². The van der Waals surface area contributed by atoms with Gasteiger partial charge < -0.3 is 9.84 Å². The fraction of sp³-hybridized carbons (Fsp3) is 0.600. The van der Waals surface area contributed by atoms with Crippen molar-refractivity contribution < 1.29 is 9.84 Å². The molecule has 1 aliphatic heterocycles. The molecule has 100 valence electrons. The predicted molar refractivity (Wildman–Crippen MR) is 77.3 cm³/mol. The summed E-state index contributed by atoms with van der Waals surface area (Å²) in [6.07, 6.45) is 2.08. The minimum atomic E-state index is -0.391. The first-order valence-electron chi connectivity index (χ1n) is 6.60. The van der Waals surface area contributed by atoms with Crippen LogP contribution in [0.1, 0.15) is 45.3 Å². The fourth-order valence-electron chi connectivity index (χ4n) is 2.37. The van der Waals surface area contributed by atoms with Gasteiger partial charge >= 0.3 is 0 Å². The topological polar surface area (TPSA) is 29.5 Å². The molecule has 0 amide bonds. The molecule has 3 heteroatoms. The van der Waals surface area contributed by atoms with Crippen molar-refractivity contribution in [2.24, 2.45) is 0 Å². The van der Waals surface area contributed by atoms with E-state index < -0.39 is 6.10 Å². The Kier molecular flexibility index (Phi) is 4.23. The maximum Gasteiger partial charge on any atom is 0.119 e. The molecule has 0 aromatic heterocycles. The molecule has 0 saturated carbocycles. The summed E-state index contributed by atoms with van der Waals surface area (Å²) in [5.41, 5.74) is 0.989. The number of hydrogen-bond acceptors (Lipinski definition) is 3. The highest BCUT2D eigenvalue weighted by molar-refractivity contribution is 8.00. The second-order valence-electron chi connectivity index (χ2n) is 5.40. The predicted octanol–water partition coefficient (Wildman–Crippen LogP) is 3.79. The largest absolute Gasteiger partial charge is 0.491 e. The Morgan fingerprint density at radius 3 is 2.44 bits per heavy atom. The third kappa shape index (κ3) is 3.01. The summed E-state index contributed by atoms with van der Waals surface area (Å²) in [6.45, 7) is 6.19. The van der Waals surface area contributed by atoms with Crippen molar-refractivity contribution in [2.45, 2.75) is 50.6 Å². The zero-order valence-electron chi connectivity index (χ0n) is 11.3. The molecule has 18 heavy (non-hydrogen) atoms. The number of hydrogen-bond donors (Lipinski definition) is 1. The smallest absolute Gasteiger partial charge is 0.119 e. The average Bonchev–Trinajstić information content (AvgIpc) is 2.77. The lowest BCUT2D eigenvalue weighted by Gasteiger charge is -2.29. The van der Waals surface area contributed by atoms with Crippen molar-refractivity contribution >= 4 is 11.8 Å². The second-order valence-corrected chi connectivity index (χ2v) is 7.03. The molecule has 1 aliphatic rings. The number of aliphatic hydroxyl groups is 1. The molecule has 1 aromatic carbocycles. The van der Waals surface area contributed by atoms with Gasteiger partial charge in [-0.2, -0.15) is 11.8 Å². The minimum absolute atomic E-state index is 0.0274. The minimum Gasteiger partial charge on any atom is -0.491 e. The molecule has 0 bridgehead atoms. The number of thioether (sulfide) groups is 1. The Labute approximate surface area is 114 Å². The number of benzene rings is 1. The lowest BCUT2D eigenvalue weighted by atomic mass is 9.93. The molecule has 2 atom stereocenters. The van der Waals surface area contributed by atoms with Crippen LogP contribution in [0.5, 0.6) is 5.75 Å². The van der Waals surface area contributed by atoms with Crippen molar-refractivity contribution in [3.05, 3.63) is 29.8 Å². The van der Waals surface area contributed by atoms with Crippen LogP contribution in [0.25, 0.3) is 0 Å². The van der Waals surface area contributed by atoms with Crippen molar-refractivity contribution in [1.82, 2.24) is 0 Å². The van der Waals surface area contributed by atoms with Gasteiger partial charge in [0.25, 0.3) is 0 Å². The first-order chi connectivity index (χ1) is 8.51. The molecule has 0 radical (unpaired) electrons. The third-order valence-electron chi connectivity index (χ3n) is 3.40. The van der Waals surface area contributed by atoms with Gasteiger partial charge in [0.05, 0.1) is 12.2 Å². The number of ether oxygens (including phenoxy) is 1. The van der Waals surface area contributed by atoms with Gasteiger partial charge in [0.15, 0.2) is 0 Å². The summed E-state index contributed by atoms with van der Waals surface area (Å²) in [7, 11) is 0. The molecular formula is C15H22O2S. The van der Waals surface area contributed by atoms with Crippen molar-refractivity contribution in [3.63, 3.8) is 0 Å². The summed E-state index contributed by atoms with van der Waals surface area (Å²) in [6, 6.07) is 7.85. The van der Waals surface area contributed by atoms with Crippen LogP contribution in [0.15, 0.2) is 24.3 Å². The average molecular weight is 266 g/mol. The highest BCUT2D eigenvalue weighted by Crippen LogP contribution is 2.46. The van der Waals surface area contributed by atoms with E-state index in [0.717, 1.165) is 23.5 Å². The summed E-state index contributed by atoms with van der Waals surface area (Å²) < 4.78 is 5.59. The Balaban J connectivity index is 2.09. The Morgan fingerprint density at radius 2 is 1.94 bits per heavy atom. The van der Waals surface area contributed by atoms with Crippen LogP contribution in [0, 0.1) is 0 Å². The van der Waals surface area contributed by atoms with Crippen LogP contribution in [-0.4, -0.2) is 21.7 Å². The van der Waals surface area contributed by atoms with Crippen LogP contribution in [0.3, 0.4) is 0 Å². The molecule has 1 N–H and O–H groups in total. The van der Waals surface area contributed by atoms with Gasteiger partial charge in [-0.05, 0) is 57.1 Å². The Morgan fingerprint density at radius 1 is 1.28 bits per heavy atom. The van der Waals surface area contributed by atoms with E-state index >= 15 is 0 Å². The molecule has 1 saturated heterocycles. The molecular weight excluding hydrogens is 244 g/mol. The fourth-order valence-corrected chi connectivity index (χ4v) is 3.71. The van der Waals surface area contributed by atoms with Gasteiger partial charge in [0.2, 0.25) is 0 Å². The van der Waals surface area contributed by atoms with Gasteiger partial charge in [-0.25, -0.2) is 0 Å². The summed E-state index contributed by atoms with van der Waals surface area (Å²) in [5.74, 6) is 2.02. The first kappa shape index (κ1) is 13.8. The molecule has 1 aromatic rings. The van der Waals surface area contributed by atoms with E-state index in [1.165, 1.54) is 6.42 Å². The van der Waals surface area contributed by atoms with Crippen LogP contribution >= 0.6 is 11.8 Å². The van der Waals surface area contributed by atoms with E-state index in [1.54, 1.807) is 0 Å². The van der Waals surface area contributed by atoms with Crippen LogP contribution in [0.4, 0.5) is 0 Å². The van der Waals surface area contributed by atoms with Crippen LogP contribution < -0.4 is 4.74 Å². The van der Waals surface area contributed by atoms with E-state index in [-0.39, 0.29) is 10.9 Å². The van der Waals surface area contributed by atoms with Crippen molar-refractivity contribution in [1.29, 1.82) is 0 Å². The van der Waals surface area contributed by atoms with Gasteiger partial charge in [-0.3, -0.25) is 0 Å². The van der Waals surface area contributed by atoms with Gasteiger partial charge in [-0.15, -0.1) is 0 Å². The standard InChI is InChI=1S/C15H22O2S/c1-11(2)17-13-7-5-12(6-8-13)14(16)15(3)9-4-10-18-15/h5-8,11,14,16H,4,9-10H2,1-3H3. The van der Waals surface area contributed by atoms with Gasteiger partial charge in [-0.1, -0.05) is 12.1 Å². The Bertz CT molecular complexity index is 380. The first-order valence-corrected chi connectivity index (χ1v) is 7.58. The third-order valence-corrected chi connectivity index (χ3v) is 4.97. The van der Waals surface area contributed by atoms with Crippen molar-refractivity contribution in [3.8, 4) is 5.75 Å². The molecule has 1 heterocycles. The highest BCUT2D eigenvalue weighted by atomic mass is 32.2. The molecule has 1 fully saturated rings. The van der Waals surface area contributed by atoms with E-state index in [4.69, 9.17) is 4.74 Å². The zero-order chi connectivity index (χ0) is 13.2. The molecule has 0 aliphatic carbocycles. The molecule has 2 unspecified atom stereocenters. The Hall–Kier alpha value is -0.670. The molecule has 2 nitrogen and oxygen atoms in total. The van der Waals surface area contributed by atoms with E-state index in [2.05, 4.69) is 6.92 Å². The lowest BCUT2D eigenvalue weighted by molar-refractivity contribution is 0.135. The zero-order valence-corrected chi connectivity index (χ0v) is 12.2. The molecule has 2 rings (SSSR count). The van der Waals surface area contributed by atoms with Gasteiger partial charge in [0, 0.05) is 4.75 Å². The summed E-state index contributed by atoms with van der Waals surface area (Å²) in [5, 5.41) is 10.5. The van der Waals surface area contributed by atoms with Crippen LogP contribution in [0.2, 0.25) is 0 Å². The van der Waals surface area contributed by atoms with Gasteiger partial charge in [0.1, 0.15) is 5.75 Å². The van der Waals surface area contributed by atoms with Crippen molar-refractivity contribution in [2.75, 3.05) is 5.75 Å². The van der Waals surface area contributed by atoms with E-state index in [0.29, 0.717) is 0 Å². The maximum atomic E-state index is 10.5. The normalized spacial score (nSPS) is 25.4. The lowest BCUT2D eigenvalue weighted by Crippen LogP contribution is -2.26. The second kappa shape index (κ2) is 5.54. The van der Waals surface area contributed by atoms with E-state index in [1.807, 2.05) is 49.9 Å². The monoisotopic (exact) mass is 266 g/mol. The number of rotatable bonds is 4. The summed E-state index contributed by atoms with van der Waals surface area (Å²) in [4.78, 5) is 0. The highest BCUT2D eigenvalue weighted by Gasteiger charge is 2.37. The maximum absolute atomic E-state index is 10.5. The SMILES string of the molecule is CC(C)Oc1ccc(C(O)C2(C)CCCS2)cc1. The summed E-state index contributed by atoms with van der Waals surface area (Å²) >= 11 is 1.88. The van der Waals surface area contributed by atoms with Crippen LogP contribution in [-0.2, 0) is 0 Å². The quantitative estimate of drug-likeness (QED) is 0.899. The molecule has 0 spiro atoms.